The second-order valence-corrected chi connectivity index (χ2v) is 7.43. The van der Waals surface area contributed by atoms with Crippen LogP contribution in [-0.4, -0.2) is 50.6 Å². The lowest BCUT2D eigenvalue weighted by molar-refractivity contribution is -0.152. The molecular weight excluding hydrogens is 264 g/mol. The Morgan fingerprint density at radius 3 is 2.37 bits per heavy atom. The highest BCUT2D eigenvalue weighted by Crippen LogP contribution is 2.24. The number of hydrogen-bond donors (Lipinski definition) is 1. The van der Waals surface area contributed by atoms with E-state index in [1.54, 1.807) is 11.8 Å². The van der Waals surface area contributed by atoms with E-state index >= 15 is 0 Å². The van der Waals surface area contributed by atoms with E-state index in [1.165, 1.54) is 0 Å². The number of piperazine rings is 1. The summed E-state index contributed by atoms with van der Waals surface area (Å²) in [7, 11) is -0.753. The predicted molar refractivity (Wildman–Crippen MR) is 74.0 cm³/mol. The van der Waals surface area contributed by atoms with E-state index in [0.29, 0.717) is 11.5 Å². The summed E-state index contributed by atoms with van der Waals surface area (Å²) in [4.78, 5) is 26.3. The largest absolute Gasteiger partial charge is 0.342 e. The maximum atomic E-state index is 12.5. The van der Waals surface area contributed by atoms with Gasteiger partial charge in [0.05, 0.1) is 0 Å². The SMILES string of the molecule is CC(C)C1NC(=O)C(C)N(C2CCS(=O)CC2)C1=O. The quantitative estimate of drug-likeness (QED) is 0.792. The van der Waals surface area contributed by atoms with Gasteiger partial charge in [0.25, 0.3) is 0 Å². The summed E-state index contributed by atoms with van der Waals surface area (Å²) in [5, 5.41) is 2.80. The van der Waals surface area contributed by atoms with Crippen molar-refractivity contribution >= 4 is 22.6 Å². The molecule has 2 heterocycles. The summed E-state index contributed by atoms with van der Waals surface area (Å²) in [5.74, 6) is 1.29. The molecule has 108 valence electrons. The monoisotopic (exact) mass is 286 g/mol. The molecule has 0 spiro atoms. The van der Waals surface area contributed by atoms with E-state index in [0.717, 1.165) is 12.8 Å². The zero-order valence-electron chi connectivity index (χ0n) is 11.7. The molecule has 2 unspecified atom stereocenters. The van der Waals surface area contributed by atoms with Gasteiger partial charge in [-0.3, -0.25) is 13.8 Å². The number of carbonyl (C=O) groups excluding carboxylic acids is 2. The van der Waals surface area contributed by atoms with E-state index in [1.807, 2.05) is 13.8 Å². The molecule has 2 fully saturated rings. The van der Waals surface area contributed by atoms with Gasteiger partial charge in [0.2, 0.25) is 11.8 Å². The van der Waals surface area contributed by atoms with Crippen LogP contribution < -0.4 is 5.32 Å². The molecule has 6 heteroatoms. The fourth-order valence-electron chi connectivity index (χ4n) is 2.82. The van der Waals surface area contributed by atoms with Gasteiger partial charge in [-0.05, 0) is 25.7 Å². The Morgan fingerprint density at radius 1 is 1.26 bits per heavy atom. The molecule has 2 aliphatic rings. The minimum absolute atomic E-state index is 0.0137. The third kappa shape index (κ3) is 2.83. The Bertz CT molecular complexity index is 401. The summed E-state index contributed by atoms with van der Waals surface area (Å²) < 4.78 is 11.4. The number of amides is 2. The summed E-state index contributed by atoms with van der Waals surface area (Å²) in [6, 6.07) is -0.775. The Kier molecular flexibility index (Phi) is 4.28. The Labute approximate surface area is 116 Å². The first-order valence-electron chi connectivity index (χ1n) is 6.89. The average Bonchev–Trinajstić information content (AvgIpc) is 2.36. The van der Waals surface area contributed by atoms with Gasteiger partial charge >= 0.3 is 0 Å². The first kappa shape index (κ1) is 14.5. The topological polar surface area (TPSA) is 66.5 Å². The number of nitrogens with zero attached hydrogens (tertiary/aromatic N) is 1. The van der Waals surface area contributed by atoms with Crippen LogP contribution in [0.4, 0.5) is 0 Å². The van der Waals surface area contributed by atoms with E-state index in [4.69, 9.17) is 0 Å². The van der Waals surface area contributed by atoms with Crippen LogP contribution in [-0.2, 0) is 20.4 Å². The lowest BCUT2D eigenvalue weighted by Gasteiger charge is -2.44. The van der Waals surface area contributed by atoms with Crippen LogP contribution in [0.3, 0.4) is 0 Å². The first-order valence-corrected chi connectivity index (χ1v) is 8.38. The van der Waals surface area contributed by atoms with Gasteiger partial charge in [-0.25, -0.2) is 0 Å². The van der Waals surface area contributed by atoms with Crippen LogP contribution in [0, 0.1) is 5.92 Å². The minimum Gasteiger partial charge on any atom is -0.342 e. The fourth-order valence-corrected chi connectivity index (χ4v) is 4.09. The standard InChI is InChI=1S/C13H22N2O3S/c1-8(2)11-13(17)15(9(3)12(16)14-11)10-4-6-19(18)7-5-10/h8-11H,4-7H2,1-3H3,(H,14,16). The minimum atomic E-state index is -0.753. The molecule has 0 aromatic carbocycles. The predicted octanol–water partition coefficient (Wildman–Crippen LogP) is 0.269. The molecular formula is C13H22N2O3S. The van der Waals surface area contributed by atoms with Gasteiger partial charge in [0.1, 0.15) is 12.1 Å². The highest BCUT2D eigenvalue weighted by Gasteiger charge is 2.43. The molecule has 0 aliphatic carbocycles. The van der Waals surface area contributed by atoms with Crippen LogP contribution in [0.2, 0.25) is 0 Å². The second-order valence-electron chi connectivity index (χ2n) is 5.73. The van der Waals surface area contributed by atoms with Crippen LogP contribution in [0.25, 0.3) is 0 Å². The highest BCUT2D eigenvalue weighted by molar-refractivity contribution is 7.85. The van der Waals surface area contributed by atoms with E-state index < -0.39 is 22.9 Å². The lowest BCUT2D eigenvalue weighted by atomic mass is 9.95. The summed E-state index contributed by atoms with van der Waals surface area (Å²) in [6.45, 7) is 5.65. The maximum Gasteiger partial charge on any atom is 0.246 e. The molecule has 19 heavy (non-hydrogen) atoms. The molecule has 2 atom stereocenters. The van der Waals surface area contributed by atoms with Crippen molar-refractivity contribution in [2.24, 2.45) is 5.92 Å². The van der Waals surface area contributed by atoms with E-state index in [9.17, 15) is 13.8 Å². The van der Waals surface area contributed by atoms with Crippen molar-refractivity contribution in [2.45, 2.75) is 51.7 Å². The van der Waals surface area contributed by atoms with Gasteiger partial charge in [-0.15, -0.1) is 0 Å². The number of nitrogens with one attached hydrogen (secondary N) is 1. The van der Waals surface area contributed by atoms with E-state index in [-0.39, 0.29) is 23.8 Å². The van der Waals surface area contributed by atoms with Crippen LogP contribution in [0.1, 0.15) is 33.6 Å². The third-order valence-electron chi connectivity index (χ3n) is 4.03. The van der Waals surface area contributed by atoms with Crippen molar-refractivity contribution in [1.82, 2.24) is 10.2 Å². The molecule has 2 saturated heterocycles. The fraction of sp³-hybridized carbons (Fsp3) is 0.846. The summed E-state index contributed by atoms with van der Waals surface area (Å²) >= 11 is 0. The van der Waals surface area contributed by atoms with Gasteiger partial charge < -0.3 is 10.2 Å². The molecule has 0 saturated carbocycles. The summed E-state index contributed by atoms with van der Waals surface area (Å²) in [6.07, 6.45) is 1.47. The smallest absolute Gasteiger partial charge is 0.246 e. The number of carbonyl (C=O) groups is 2. The molecule has 0 radical (unpaired) electrons. The Hall–Kier alpha value is -0.910. The normalized spacial score (nSPS) is 36.5. The van der Waals surface area contributed by atoms with Crippen molar-refractivity contribution in [1.29, 1.82) is 0 Å². The van der Waals surface area contributed by atoms with Crippen molar-refractivity contribution < 1.29 is 13.8 Å². The molecule has 0 aromatic rings. The van der Waals surface area contributed by atoms with Crippen LogP contribution in [0.5, 0.6) is 0 Å². The Morgan fingerprint density at radius 2 is 1.84 bits per heavy atom. The van der Waals surface area contributed by atoms with Crippen molar-refractivity contribution in [3.05, 3.63) is 0 Å². The summed E-state index contributed by atoms with van der Waals surface area (Å²) in [5.41, 5.74) is 0. The Balaban J connectivity index is 2.18. The maximum absolute atomic E-state index is 12.5. The second kappa shape index (κ2) is 5.61. The zero-order valence-corrected chi connectivity index (χ0v) is 12.5. The van der Waals surface area contributed by atoms with Crippen molar-refractivity contribution in [3.8, 4) is 0 Å². The lowest BCUT2D eigenvalue weighted by Crippen LogP contribution is -2.66. The van der Waals surface area contributed by atoms with E-state index in [2.05, 4.69) is 5.32 Å². The molecule has 2 amide bonds. The van der Waals surface area contributed by atoms with Crippen LogP contribution in [0.15, 0.2) is 0 Å². The van der Waals surface area contributed by atoms with Crippen molar-refractivity contribution in [2.75, 3.05) is 11.5 Å². The first-order chi connectivity index (χ1) is 8.91. The van der Waals surface area contributed by atoms with Gasteiger partial charge in [0, 0.05) is 28.3 Å². The highest BCUT2D eigenvalue weighted by atomic mass is 32.2. The molecule has 2 aliphatic heterocycles. The molecule has 2 rings (SSSR count). The molecule has 0 aromatic heterocycles. The van der Waals surface area contributed by atoms with Gasteiger partial charge in [0.15, 0.2) is 0 Å². The van der Waals surface area contributed by atoms with Crippen LogP contribution >= 0.6 is 0 Å². The average molecular weight is 286 g/mol. The number of rotatable bonds is 2. The molecule has 5 nitrogen and oxygen atoms in total. The van der Waals surface area contributed by atoms with Gasteiger partial charge in [-0.1, -0.05) is 13.8 Å². The third-order valence-corrected chi connectivity index (χ3v) is 5.41. The molecule has 0 bridgehead atoms. The molecule has 1 N–H and O–H groups in total. The van der Waals surface area contributed by atoms with Crippen molar-refractivity contribution in [3.63, 3.8) is 0 Å². The zero-order chi connectivity index (χ0) is 14.2. The number of hydrogen-bond acceptors (Lipinski definition) is 3. The van der Waals surface area contributed by atoms with Gasteiger partial charge in [-0.2, -0.15) is 0 Å².